The predicted octanol–water partition coefficient (Wildman–Crippen LogP) is 5.17. The molecule has 0 saturated heterocycles. The Balaban J connectivity index is 2.26. The van der Waals surface area contributed by atoms with Crippen molar-refractivity contribution in [2.24, 2.45) is 5.73 Å². The molecule has 2 unspecified atom stereocenters. The molecule has 4 heteroatoms. The molecule has 19 heavy (non-hydrogen) atoms. The van der Waals surface area contributed by atoms with E-state index in [0.29, 0.717) is 0 Å². The van der Waals surface area contributed by atoms with Crippen molar-refractivity contribution in [2.45, 2.75) is 23.1 Å². The summed E-state index contributed by atoms with van der Waals surface area (Å²) in [4.78, 5) is 1.11. The van der Waals surface area contributed by atoms with Gasteiger partial charge in [0.15, 0.2) is 0 Å². The highest BCUT2D eigenvalue weighted by Gasteiger charge is 2.18. The SMILES string of the molecule is CC(N)C(Sc1cccc(Cl)c1)c1cccc(Cl)c1. The molecule has 0 amide bonds. The van der Waals surface area contributed by atoms with Crippen LogP contribution in [-0.4, -0.2) is 6.04 Å². The van der Waals surface area contributed by atoms with Crippen LogP contribution in [-0.2, 0) is 0 Å². The van der Waals surface area contributed by atoms with E-state index in [1.807, 2.05) is 49.4 Å². The Bertz CT molecular complexity index is 557. The van der Waals surface area contributed by atoms with Crippen molar-refractivity contribution in [3.05, 3.63) is 64.1 Å². The maximum atomic E-state index is 6.11. The van der Waals surface area contributed by atoms with Gasteiger partial charge >= 0.3 is 0 Å². The first-order chi connectivity index (χ1) is 9.06. The lowest BCUT2D eigenvalue weighted by atomic mass is 10.1. The van der Waals surface area contributed by atoms with Gasteiger partial charge in [0.1, 0.15) is 0 Å². The molecule has 0 spiro atoms. The Morgan fingerprint density at radius 3 is 2.21 bits per heavy atom. The number of benzene rings is 2. The van der Waals surface area contributed by atoms with Crippen LogP contribution < -0.4 is 5.73 Å². The van der Waals surface area contributed by atoms with E-state index in [1.165, 1.54) is 0 Å². The lowest BCUT2D eigenvalue weighted by molar-refractivity contribution is 0.721. The zero-order valence-electron chi connectivity index (χ0n) is 10.5. The Morgan fingerprint density at radius 2 is 1.63 bits per heavy atom. The van der Waals surface area contributed by atoms with Gasteiger partial charge in [0.05, 0.1) is 0 Å². The lowest BCUT2D eigenvalue weighted by Gasteiger charge is -2.21. The van der Waals surface area contributed by atoms with Crippen molar-refractivity contribution in [1.82, 2.24) is 0 Å². The third-order valence-electron chi connectivity index (χ3n) is 2.71. The molecule has 0 aliphatic heterocycles. The van der Waals surface area contributed by atoms with E-state index in [2.05, 4.69) is 6.07 Å². The summed E-state index contributed by atoms with van der Waals surface area (Å²) in [5, 5.41) is 1.62. The Morgan fingerprint density at radius 1 is 1.00 bits per heavy atom. The largest absolute Gasteiger partial charge is 0.327 e. The zero-order valence-corrected chi connectivity index (χ0v) is 12.8. The summed E-state index contributed by atoms with van der Waals surface area (Å²) in [7, 11) is 0. The highest BCUT2D eigenvalue weighted by Crippen LogP contribution is 2.38. The van der Waals surface area contributed by atoms with Gasteiger partial charge in [-0.2, -0.15) is 0 Å². The first kappa shape index (κ1) is 14.7. The van der Waals surface area contributed by atoms with Crippen LogP contribution in [0.15, 0.2) is 53.4 Å². The average molecular weight is 312 g/mol. The molecular formula is C15H15Cl2NS. The quantitative estimate of drug-likeness (QED) is 0.788. The van der Waals surface area contributed by atoms with Gasteiger partial charge in [-0.15, -0.1) is 11.8 Å². The molecule has 1 nitrogen and oxygen atoms in total. The third-order valence-corrected chi connectivity index (χ3v) is 4.67. The average Bonchev–Trinajstić information content (AvgIpc) is 2.35. The monoisotopic (exact) mass is 311 g/mol. The molecule has 100 valence electrons. The van der Waals surface area contributed by atoms with Crippen molar-refractivity contribution in [3.8, 4) is 0 Å². The van der Waals surface area contributed by atoms with Gasteiger partial charge in [-0.05, 0) is 42.8 Å². The molecule has 0 fully saturated rings. The van der Waals surface area contributed by atoms with Crippen LogP contribution >= 0.6 is 35.0 Å². The molecule has 2 N–H and O–H groups in total. The van der Waals surface area contributed by atoms with Crippen LogP contribution in [0.1, 0.15) is 17.7 Å². The topological polar surface area (TPSA) is 26.0 Å². The molecular weight excluding hydrogens is 297 g/mol. The van der Waals surface area contributed by atoms with Crippen molar-refractivity contribution >= 4 is 35.0 Å². The molecule has 0 saturated carbocycles. The number of rotatable bonds is 4. The van der Waals surface area contributed by atoms with E-state index in [9.17, 15) is 0 Å². The number of nitrogens with two attached hydrogens (primary N) is 1. The Kier molecular flexibility index (Phi) is 5.17. The number of halogens is 2. The van der Waals surface area contributed by atoms with E-state index < -0.39 is 0 Å². The minimum Gasteiger partial charge on any atom is -0.327 e. The minimum atomic E-state index is 0.0162. The van der Waals surface area contributed by atoms with Crippen molar-refractivity contribution in [3.63, 3.8) is 0 Å². The van der Waals surface area contributed by atoms with Crippen LogP contribution in [0.3, 0.4) is 0 Å². The molecule has 2 rings (SSSR count). The van der Waals surface area contributed by atoms with Crippen LogP contribution in [0.5, 0.6) is 0 Å². The van der Waals surface area contributed by atoms with Gasteiger partial charge < -0.3 is 5.73 Å². The molecule has 0 bridgehead atoms. The Hall–Kier alpha value is -0.670. The summed E-state index contributed by atoms with van der Waals surface area (Å²) in [5.41, 5.74) is 7.24. The second kappa shape index (κ2) is 6.67. The van der Waals surface area contributed by atoms with E-state index in [-0.39, 0.29) is 11.3 Å². The fourth-order valence-electron chi connectivity index (χ4n) is 1.85. The first-order valence-electron chi connectivity index (χ1n) is 5.99. The molecule has 0 radical (unpaired) electrons. The number of hydrogen-bond acceptors (Lipinski definition) is 2. The summed E-state index contributed by atoms with van der Waals surface area (Å²) < 4.78 is 0. The van der Waals surface area contributed by atoms with Crippen LogP contribution in [0.2, 0.25) is 10.0 Å². The fourth-order valence-corrected chi connectivity index (χ4v) is 3.45. The zero-order chi connectivity index (χ0) is 13.8. The molecule has 0 heterocycles. The third kappa shape index (κ3) is 4.15. The summed E-state index contributed by atoms with van der Waals surface area (Å²) >= 11 is 13.8. The normalized spacial score (nSPS) is 14.1. The smallest absolute Gasteiger partial charge is 0.0493 e. The van der Waals surface area contributed by atoms with E-state index in [0.717, 1.165) is 20.5 Å². The predicted molar refractivity (Wildman–Crippen MR) is 85.2 cm³/mol. The maximum absolute atomic E-state index is 6.11. The van der Waals surface area contributed by atoms with Crippen LogP contribution in [0.25, 0.3) is 0 Å². The van der Waals surface area contributed by atoms with Gasteiger partial charge in [0, 0.05) is 26.2 Å². The second-order valence-electron chi connectivity index (χ2n) is 4.41. The summed E-state index contributed by atoms with van der Waals surface area (Å²) in [6.45, 7) is 2.00. The van der Waals surface area contributed by atoms with Gasteiger partial charge in [0.25, 0.3) is 0 Å². The van der Waals surface area contributed by atoms with Gasteiger partial charge in [-0.1, -0.05) is 41.4 Å². The second-order valence-corrected chi connectivity index (χ2v) is 6.50. The minimum absolute atomic E-state index is 0.0162. The molecule has 0 aliphatic rings. The van der Waals surface area contributed by atoms with Crippen LogP contribution in [0, 0.1) is 0 Å². The Labute approximate surface area is 128 Å². The van der Waals surface area contributed by atoms with E-state index in [4.69, 9.17) is 28.9 Å². The number of hydrogen-bond donors (Lipinski definition) is 1. The van der Waals surface area contributed by atoms with Crippen LogP contribution in [0.4, 0.5) is 0 Å². The molecule has 2 aromatic rings. The standard InChI is InChI=1S/C15H15Cl2NS/c1-10(18)15(11-4-2-5-12(16)8-11)19-14-7-3-6-13(17)9-14/h2-10,15H,18H2,1H3. The molecule has 0 aliphatic carbocycles. The maximum Gasteiger partial charge on any atom is 0.0493 e. The molecule has 0 aromatic heterocycles. The van der Waals surface area contributed by atoms with E-state index in [1.54, 1.807) is 11.8 Å². The number of thioether (sulfide) groups is 1. The van der Waals surface area contributed by atoms with Crippen molar-refractivity contribution in [2.75, 3.05) is 0 Å². The summed E-state index contributed by atoms with van der Waals surface area (Å²) in [6.07, 6.45) is 0. The molecule has 2 atom stereocenters. The van der Waals surface area contributed by atoms with Gasteiger partial charge in [-0.3, -0.25) is 0 Å². The summed E-state index contributed by atoms with van der Waals surface area (Å²) in [5.74, 6) is 0. The van der Waals surface area contributed by atoms with Crippen molar-refractivity contribution < 1.29 is 0 Å². The highest BCUT2D eigenvalue weighted by atomic mass is 35.5. The fraction of sp³-hybridized carbons (Fsp3) is 0.200. The van der Waals surface area contributed by atoms with E-state index >= 15 is 0 Å². The lowest BCUT2D eigenvalue weighted by Crippen LogP contribution is -2.22. The highest BCUT2D eigenvalue weighted by molar-refractivity contribution is 7.99. The van der Waals surface area contributed by atoms with Crippen molar-refractivity contribution in [1.29, 1.82) is 0 Å². The summed E-state index contributed by atoms with van der Waals surface area (Å²) in [6, 6.07) is 15.7. The van der Waals surface area contributed by atoms with Gasteiger partial charge in [0.2, 0.25) is 0 Å². The molecule has 2 aromatic carbocycles. The first-order valence-corrected chi connectivity index (χ1v) is 7.63. The van der Waals surface area contributed by atoms with Gasteiger partial charge in [-0.25, -0.2) is 0 Å².